The van der Waals surface area contributed by atoms with E-state index in [-0.39, 0.29) is 0 Å². The van der Waals surface area contributed by atoms with E-state index in [2.05, 4.69) is 20.9 Å². The number of rotatable bonds is 2. The fourth-order valence-electron chi connectivity index (χ4n) is 1.34. The molecule has 2 aromatic rings. The molecule has 0 saturated carbocycles. The van der Waals surface area contributed by atoms with E-state index in [4.69, 9.17) is 4.74 Å². The van der Waals surface area contributed by atoms with E-state index in [1.54, 1.807) is 37.6 Å². The first-order valence-corrected chi connectivity index (χ1v) is 5.40. The zero-order chi connectivity index (χ0) is 11.5. The van der Waals surface area contributed by atoms with E-state index in [1.165, 1.54) is 0 Å². The lowest BCUT2D eigenvalue weighted by Gasteiger charge is -2.07. The second-order valence-electron chi connectivity index (χ2n) is 3.11. The molecule has 5 heteroatoms. The van der Waals surface area contributed by atoms with Crippen molar-refractivity contribution < 1.29 is 9.47 Å². The zero-order valence-electron chi connectivity index (χ0n) is 8.55. The SMILES string of the molecule is COc1cc(Br)[n+]([O-])c(-c2ccccn2)c1. The second-order valence-corrected chi connectivity index (χ2v) is 3.92. The standard InChI is InChI=1S/C11H9BrN2O2/c1-16-8-6-10(14(15)11(12)7-8)9-4-2-3-5-13-9/h2-7H,1H3. The van der Waals surface area contributed by atoms with Crippen LogP contribution in [0, 0.1) is 5.21 Å². The summed E-state index contributed by atoms with van der Waals surface area (Å²) < 4.78 is 6.27. The second kappa shape index (κ2) is 4.49. The Morgan fingerprint density at radius 3 is 2.81 bits per heavy atom. The molecule has 0 aliphatic carbocycles. The van der Waals surface area contributed by atoms with Crippen molar-refractivity contribution in [2.75, 3.05) is 7.11 Å². The number of nitrogens with zero attached hydrogens (tertiary/aromatic N) is 2. The van der Waals surface area contributed by atoms with Gasteiger partial charge in [-0.25, -0.2) is 4.98 Å². The van der Waals surface area contributed by atoms with Crippen molar-refractivity contribution >= 4 is 15.9 Å². The number of aromatic nitrogens is 2. The Balaban J connectivity index is 2.60. The smallest absolute Gasteiger partial charge is 0.263 e. The van der Waals surface area contributed by atoms with Gasteiger partial charge in [0.1, 0.15) is 11.4 Å². The van der Waals surface area contributed by atoms with E-state index >= 15 is 0 Å². The van der Waals surface area contributed by atoms with Gasteiger partial charge in [-0.15, -0.1) is 0 Å². The minimum Gasteiger partial charge on any atom is -0.617 e. The van der Waals surface area contributed by atoms with Crippen LogP contribution in [0.25, 0.3) is 11.4 Å². The fourth-order valence-corrected chi connectivity index (χ4v) is 1.75. The normalized spacial score (nSPS) is 10.1. The summed E-state index contributed by atoms with van der Waals surface area (Å²) in [6.45, 7) is 0. The maximum Gasteiger partial charge on any atom is 0.263 e. The minimum atomic E-state index is 0.396. The number of methoxy groups -OCH3 is 1. The quantitative estimate of drug-likeness (QED) is 0.481. The number of pyridine rings is 2. The van der Waals surface area contributed by atoms with Crippen LogP contribution in [0.4, 0.5) is 0 Å². The van der Waals surface area contributed by atoms with Crippen LogP contribution in [0.1, 0.15) is 0 Å². The molecule has 0 unspecified atom stereocenters. The summed E-state index contributed by atoms with van der Waals surface area (Å²) in [4.78, 5) is 4.13. The lowest BCUT2D eigenvalue weighted by molar-refractivity contribution is -0.605. The average Bonchev–Trinajstić information content (AvgIpc) is 2.33. The highest BCUT2D eigenvalue weighted by molar-refractivity contribution is 9.10. The van der Waals surface area contributed by atoms with Gasteiger partial charge < -0.3 is 9.94 Å². The van der Waals surface area contributed by atoms with Crippen molar-refractivity contribution in [3.05, 3.63) is 46.3 Å². The lowest BCUT2D eigenvalue weighted by Crippen LogP contribution is -2.31. The van der Waals surface area contributed by atoms with Gasteiger partial charge in [-0.05, 0) is 12.1 Å². The molecule has 0 N–H and O–H groups in total. The minimum absolute atomic E-state index is 0.396. The molecule has 0 atom stereocenters. The number of hydrogen-bond donors (Lipinski definition) is 0. The van der Waals surface area contributed by atoms with Crippen LogP contribution in [-0.2, 0) is 0 Å². The molecule has 2 aromatic heterocycles. The predicted octanol–water partition coefficient (Wildman–Crippen LogP) is 2.15. The lowest BCUT2D eigenvalue weighted by atomic mass is 10.2. The Hall–Kier alpha value is -1.62. The third kappa shape index (κ3) is 1.99. The molecule has 82 valence electrons. The van der Waals surface area contributed by atoms with Gasteiger partial charge in [0.15, 0.2) is 0 Å². The summed E-state index contributed by atoms with van der Waals surface area (Å²) >= 11 is 3.18. The molecule has 0 bridgehead atoms. The first-order chi connectivity index (χ1) is 7.72. The highest BCUT2D eigenvalue weighted by Crippen LogP contribution is 2.21. The molecule has 4 nitrogen and oxygen atoms in total. The van der Waals surface area contributed by atoms with E-state index in [9.17, 15) is 5.21 Å². The maximum atomic E-state index is 11.8. The molecule has 0 fully saturated rings. The van der Waals surface area contributed by atoms with Gasteiger partial charge in [0, 0.05) is 22.1 Å². The summed E-state index contributed by atoms with van der Waals surface area (Å²) in [6, 6.07) is 8.67. The molecule has 16 heavy (non-hydrogen) atoms. The molecule has 2 heterocycles. The van der Waals surface area contributed by atoms with Crippen molar-refractivity contribution in [1.82, 2.24) is 4.98 Å². The highest BCUT2D eigenvalue weighted by atomic mass is 79.9. The molecule has 2 rings (SSSR count). The Morgan fingerprint density at radius 1 is 1.38 bits per heavy atom. The van der Waals surface area contributed by atoms with Crippen LogP contribution in [-0.4, -0.2) is 12.1 Å². The van der Waals surface area contributed by atoms with Crippen LogP contribution in [0.15, 0.2) is 41.1 Å². The molecule has 0 amide bonds. The molecule has 0 aliphatic rings. The molecule has 0 aromatic carbocycles. The van der Waals surface area contributed by atoms with E-state index in [0.29, 0.717) is 21.7 Å². The Bertz CT molecular complexity index is 503. The molecule has 0 aliphatic heterocycles. The predicted molar refractivity (Wildman–Crippen MR) is 62.9 cm³/mol. The van der Waals surface area contributed by atoms with Crippen molar-refractivity contribution in [2.24, 2.45) is 0 Å². The van der Waals surface area contributed by atoms with Crippen molar-refractivity contribution in [3.63, 3.8) is 0 Å². The summed E-state index contributed by atoms with van der Waals surface area (Å²) in [6.07, 6.45) is 1.64. The van der Waals surface area contributed by atoms with Crippen molar-refractivity contribution in [1.29, 1.82) is 0 Å². The summed E-state index contributed by atoms with van der Waals surface area (Å²) in [5, 5.41) is 11.8. The van der Waals surface area contributed by atoms with Crippen LogP contribution in [0.3, 0.4) is 0 Å². The summed E-state index contributed by atoms with van der Waals surface area (Å²) in [7, 11) is 1.55. The summed E-state index contributed by atoms with van der Waals surface area (Å²) in [5.74, 6) is 0.611. The van der Waals surface area contributed by atoms with Crippen molar-refractivity contribution in [3.8, 4) is 17.1 Å². The molecule has 0 radical (unpaired) electrons. The number of hydrogen-bond acceptors (Lipinski definition) is 3. The largest absolute Gasteiger partial charge is 0.617 e. The Kier molecular flexibility index (Phi) is 3.05. The molecular weight excluding hydrogens is 272 g/mol. The van der Waals surface area contributed by atoms with Crippen molar-refractivity contribution in [2.45, 2.75) is 0 Å². The average molecular weight is 281 g/mol. The summed E-state index contributed by atoms with van der Waals surface area (Å²) in [5.41, 5.74) is 1.06. The Morgan fingerprint density at radius 2 is 2.19 bits per heavy atom. The third-order valence-electron chi connectivity index (χ3n) is 2.12. The molecule has 0 saturated heterocycles. The van der Waals surface area contributed by atoms with Gasteiger partial charge in [-0.3, -0.25) is 0 Å². The number of halogens is 1. The Labute approximate surface area is 101 Å². The fraction of sp³-hybridized carbons (Fsp3) is 0.0909. The van der Waals surface area contributed by atoms with E-state index in [0.717, 1.165) is 4.73 Å². The van der Waals surface area contributed by atoms with E-state index < -0.39 is 0 Å². The van der Waals surface area contributed by atoms with Gasteiger partial charge in [-0.2, -0.15) is 4.73 Å². The van der Waals surface area contributed by atoms with Crippen LogP contribution in [0.2, 0.25) is 0 Å². The highest BCUT2D eigenvalue weighted by Gasteiger charge is 2.15. The van der Waals surface area contributed by atoms with Gasteiger partial charge in [0.05, 0.1) is 19.2 Å². The van der Waals surface area contributed by atoms with Gasteiger partial charge in [0.25, 0.3) is 4.60 Å². The number of ether oxygens (including phenoxy) is 1. The third-order valence-corrected chi connectivity index (χ3v) is 2.67. The topological polar surface area (TPSA) is 49.1 Å². The first kappa shape index (κ1) is 10.9. The zero-order valence-corrected chi connectivity index (χ0v) is 10.1. The van der Waals surface area contributed by atoms with Gasteiger partial charge in [-0.1, -0.05) is 6.07 Å². The van der Waals surface area contributed by atoms with Crippen LogP contribution in [0.5, 0.6) is 5.75 Å². The molecule has 0 spiro atoms. The molecular formula is C11H9BrN2O2. The van der Waals surface area contributed by atoms with Crippen LogP contribution < -0.4 is 9.47 Å². The maximum absolute atomic E-state index is 11.8. The van der Waals surface area contributed by atoms with Gasteiger partial charge >= 0.3 is 0 Å². The van der Waals surface area contributed by atoms with Crippen LogP contribution >= 0.6 is 15.9 Å². The monoisotopic (exact) mass is 280 g/mol. The van der Waals surface area contributed by atoms with Gasteiger partial charge in [0.2, 0.25) is 5.69 Å². The first-order valence-electron chi connectivity index (χ1n) is 4.61. The van der Waals surface area contributed by atoms with E-state index in [1.807, 2.05) is 6.07 Å².